The van der Waals surface area contributed by atoms with Crippen molar-refractivity contribution in [3.05, 3.63) is 29.3 Å². The minimum absolute atomic E-state index is 0. The Kier molecular flexibility index (Phi) is 6.72. The van der Waals surface area contributed by atoms with Gasteiger partial charge in [0.15, 0.2) is 0 Å². The highest BCUT2D eigenvalue weighted by Gasteiger charge is 1.95. The largest absolute Gasteiger partial charge is 0.408 e. The van der Waals surface area contributed by atoms with E-state index in [9.17, 15) is 0 Å². The summed E-state index contributed by atoms with van der Waals surface area (Å²) in [5.41, 5.74) is 0. The van der Waals surface area contributed by atoms with Crippen molar-refractivity contribution < 1.29 is 0 Å². The monoisotopic (exact) mass is 244 g/mol. The third kappa shape index (κ3) is 4.36. The molecule has 0 saturated carbocycles. The van der Waals surface area contributed by atoms with E-state index in [1.165, 1.54) is 8.24 Å². The van der Waals surface area contributed by atoms with Crippen LogP contribution in [0.15, 0.2) is 24.3 Å². The molecule has 0 heterocycles. The molecule has 0 N–H and O–H groups in total. The Labute approximate surface area is 92.8 Å². The van der Waals surface area contributed by atoms with E-state index in [-0.39, 0.29) is 37.3 Å². The van der Waals surface area contributed by atoms with Crippen LogP contribution >= 0.6 is 28.6 Å². The predicted octanol–water partition coefficient (Wildman–Crippen LogP) is 2.69. The van der Waals surface area contributed by atoms with Crippen LogP contribution in [-0.4, -0.2) is 20.4 Å². The third-order valence-electron chi connectivity index (χ3n) is 1.43. The lowest BCUT2D eigenvalue weighted by Gasteiger charge is -1.95. The van der Waals surface area contributed by atoms with E-state index in [1.54, 1.807) is 0 Å². The Morgan fingerprint density at radius 2 is 2.18 bits per heavy atom. The molecule has 0 aromatic heterocycles. The Morgan fingerprint density at radius 3 is 2.73 bits per heavy atom. The quantitative estimate of drug-likeness (QED) is 0.703. The number of hydrogen-bond donors (Lipinski definition) is 0. The van der Waals surface area contributed by atoms with Gasteiger partial charge in [-0.3, -0.25) is 0 Å². The first-order valence-electron chi connectivity index (χ1n) is 3.57. The molecule has 0 spiro atoms. The first-order chi connectivity index (χ1) is 4.83. The summed E-state index contributed by atoms with van der Waals surface area (Å²) < 4.78 is 2.79. The summed E-state index contributed by atoms with van der Waals surface area (Å²) in [4.78, 5) is 0. The topological polar surface area (TPSA) is 0 Å². The van der Waals surface area contributed by atoms with E-state index >= 15 is 0 Å². The summed E-state index contributed by atoms with van der Waals surface area (Å²) in [6.07, 6.45) is 0. The SMILES string of the molecule is Br.C[CH2][Mg][c]1cccc(Cl)c1. The summed E-state index contributed by atoms with van der Waals surface area (Å²) in [6.45, 7) is 2.23. The molecule has 0 aliphatic heterocycles. The highest BCUT2D eigenvalue weighted by molar-refractivity contribution is 8.93. The molecule has 0 aliphatic carbocycles. The maximum atomic E-state index is 5.80. The molecule has 0 atom stereocenters. The van der Waals surface area contributed by atoms with Gasteiger partial charge in [0.1, 0.15) is 0 Å². The van der Waals surface area contributed by atoms with Crippen molar-refractivity contribution in [2.75, 3.05) is 0 Å². The van der Waals surface area contributed by atoms with Gasteiger partial charge in [0.2, 0.25) is 0 Å². The second-order valence-electron chi connectivity index (χ2n) is 2.38. The van der Waals surface area contributed by atoms with Gasteiger partial charge in [0.05, 0.1) is 0 Å². The van der Waals surface area contributed by atoms with Crippen LogP contribution in [0.2, 0.25) is 9.57 Å². The molecule has 0 unspecified atom stereocenters. The van der Waals surface area contributed by atoms with E-state index in [4.69, 9.17) is 11.6 Å². The van der Waals surface area contributed by atoms with Crippen LogP contribution < -0.4 is 3.69 Å². The normalized spacial score (nSPS) is 8.18. The lowest BCUT2D eigenvalue weighted by atomic mass is 10.4. The molecule has 0 aliphatic rings. The van der Waals surface area contributed by atoms with Gasteiger partial charge in [-0.1, -0.05) is 36.7 Å². The molecule has 0 fully saturated rings. The average Bonchev–Trinajstić information content (AvgIpc) is 1.88. The van der Waals surface area contributed by atoms with Crippen molar-refractivity contribution in [2.45, 2.75) is 11.5 Å². The fourth-order valence-electron chi connectivity index (χ4n) is 0.981. The number of benzene rings is 1. The fraction of sp³-hybridized carbons (Fsp3) is 0.250. The highest BCUT2D eigenvalue weighted by atomic mass is 79.9. The van der Waals surface area contributed by atoms with Crippen LogP contribution in [0.4, 0.5) is 0 Å². The molecule has 0 nitrogen and oxygen atoms in total. The van der Waals surface area contributed by atoms with Crippen molar-refractivity contribution >= 4 is 52.6 Å². The first kappa shape index (κ1) is 11.8. The van der Waals surface area contributed by atoms with E-state index in [0.29, 0.717) is 0 Å². The molecule has 0 saturated heterocycles. The Bertz CT molecular complexity index is 215. The van der Waals surface area contributed by atoms with Gasteiger partial charge >= 0.3 is 20.4 Å². The lowest BCUT2D eigenvalue weighted by Crippen LogP contribution is -2.11. The summed E-state index contributed by atoms with van der Waals surface area (Å²) in [5.74, 6) is 0. The first-order valence-corrected chi connectivity index (χ1v) is 5.66. The van der Waals surface area contributed by atoms with Crippen molar-refractivity contribution in [1.82, 2.24) is 0 Å². The van der Waals surface area contributed by atoms with Crippen LogP contribution in [-0.2, 0) is 0 Å². The molecule has 58 valence electrons. The van der Waals surface area contributed by atoms with Gasteiger partial charge < -0.3 is 0 Å². The van der Waals surface area contributed by atoms with Crippen LogP contribution in [0.25, 0.3) is 0 Å². The zero-order chi connectivity index (χ0) is 7.40. The van der Waals surface area contributed by atoms with Crippen LogP contribution in [0.3, 0.4) is 0 Å². The van der Waals surface area contributed by atoms with Gasteiger partial charge in [0, 0.05) is 5.02 Å². The highest BCUT2D eigenvalue weighted by Crippen LogP contribution is 2.03. The van der Waals surface area contributed by atoms with E-state index in [1.807, 2.05) is 12.1 Å². The summed E-state index contributed by atoms with van der Waals surface area (Å²) in [7, 11) is 0. The van der Waals surface area contributed by atoms with Crippen molar-refractivity contribution in [3.63, 3.8) is 0 Å². The fourth-order valence-corrected chi connectivity index (χ4v) is 2.57. The predicted molar refractivity (Wildman–Crippen MR) is 57.6 cm³/mol. The van der Waals surface area contributed by atoms with Crippen molar-refractivity contribution in [1.29, 1.82) is 0 Å². The number of hydrogen-bond acceptors (Lipinski definition) is 0. The number of rotatable bonds is 2. The maximum absolute atomic E-state index is 5.80. The Balaban J connectivity index is 0.000001000. The summed E-state index contributed by atoms with van der Waals surface area (Å²) in [6, 6.07) is 8.20. The van der Waals surface area contributed by atoms with Gasteiger partial charge in [0.25, 0.3) is 0 Å². The van der Waals surface area contributed by atoms with Crippen LogP contribution in [0.5, 0.6) is 0 Å². The van der Waals surface area contributed by atoms with Gasteiger partial charge in [-0.05, 0) is 6.07 Å². The standard InChI is InChI=1S/C6H4Cl.C2H5.BrH.Mg/c7-6-4-2-1-3-5-6;1-2;;/h1-2,4-5H;1H2,2H3;1H;. The molecule has 3 heteroatoms. The maximum Gasteiger partial charge on any atom is 0.408 e. The second-order valence-corrected chi connectivity index (χ2v) is 5.13. The van der Waals surface area contributed by atoms with Crippen molar-refractivity contribution in [3.8, 4) is 0 Å². The van der Waals surface area contributed by atoms with Gasteiger partial charge in [-0.25, -0.2) is 0 Å². The molecule has 1 rings (SSSR count). The van der Waals surface area contributed by atoms with E-state index in [0.717, 1.165) is 5.02 Å². The molecule has 1 aromatic rings. The van der Waals surface area contributed by atoms with Crippen LogP contribution in [0, 0.1) is 0 Å². The summed E-state index contributed by atoms with van der Waals surface area (Å²) >= 11 is 5.80. The molecule has 0 bridgehead atoms. The number of halogens is 2. The van der Waals surface area contributed by atoms with Gasteiger partial charge in [-0.2, -0.15) is 3.69 Å². The third-order valence-corrected chi connectivity index (χ3v) is 3.18. The van der Waals surface area contributed by atoms with Crippen molar-refractivity contribution in [2.24, 2.45) is 0 Å². The zero-order valence-electron chi connectivity index (χ0n) is 6.51. The minimum Gasteiger partial charge on any atom is -0.172 e. The molecular weight excluding hydrogens is 236 g/mol. The van der Waals surface area contributed by atoms with E-state index < -0.39 is 0 Å². The van der Waals surface area contributed by atoms with Gasteiger partial charge in [-0.15, -0.1) is 21.5 Å². The van der Waals surface area contributed by atoms with E-state index in [2.05, 4.69) is 19.1 Å². The smallest absolute Gasteiger partial charge is 0.172 e. The average molecular weight is 246 g/mol. The summed E-state index contributed by atoms with van der Waals surface area (Å²) in [5, 5.41) is 0.874. The molecule has 1 aromatic carbocycles. The molecule has 11 heavy (non-hydrogen) atoms. The molecule has 0 radical (unpaired) electrons. The molecule has 0 amide bonds. The lowest BCUT2D eigenvalue weighted by molar-refractivity contribution is 1.46. The minimum atomic E-state index is -0.00685. The Morgan fingerprint density at radius 1 is 1.45 bits per heavy atom. The zero-order valence-corrected chi connectivity index (χ0v) is 10.4. The second kappa shape index (κ2) is 6.29. The van der Waals surface area contributed by atoms with Crippen LogP contribution in [0.1, 0.15) is 6.92 Å². The Hall–Kier alpha value is 0.756. The molecular formula is C8H10BrClMg.